The predicted molar refractivity (Wildman–Crippen MR) is 81.4 cm³/mol. The number of nitrogens with zero attached hydrogens (tertiary/aromatic N) is 1. The number of carbonyl (C=O) groups excluding carboxylic acids is 2. The van der Waals surface area contributed by atoms with Crippen LogP contribution in [0.15, 0.2) is 24.3 Å². The molecule has 2 atom stereocenters. The maximum absolute atomic E-state index is 12.6. The summed E-state index contributed by atoms with van der Waals surface area (Å²) >= 11 is 0. The SMILES string of the molecule is CN(Cc1ccc(C(N)=O)cc1)C(=O)C1(C)CCCC1N. The van der Waals surface area contributed by atoms with Crippen LogP contribution in [0.4, 0.5) is 0 Å². The fourth-order valence-corrected chi connectivity index (χ4v) is 3.01. The third-order valence-electron chi connectivity index (χ3n) is 4.52. The molecule has 114 valence electrons. The molecule has 1 aromatic carbocycles. The lowest BCUT2D eigenvalue weighted by Gasteiger charge is -2.32. The highest BCUT2D eigenvalue weighted by molar-refractivity contribution is 5.92. The summed E-state index contributed by atoms with van der Waals surface area (Å²) in [6.07, 6.45) is 2.76. The monoisotopic (exact) mass is 289 g/mol. The van der Waals surface area contributed by atoms with E-state index in [0.717, 1.165) is 24.8 Å². The number of nitrogens with two attached hydrogens (primary N) is 2. The highest BCUT2D eigenvalue weighted by atomic mass is 16.2. The van der Waals surface area contributed by atoms with Crippen molar-refractivity contribution < 1.29 is 9.59 Å². The third-order valence-corrected chi connectivity index (χ3v) is 4.52. The molecule has 0 spiro atoms. The third kappa shape index (κ3) is 3.08. The average Bonchev–Trinajstić information content (AvgIpc) is 2.79. The van der Waals surface area contributed by atoms with Crippen molar-refractivity contribution >= 4 is 11.8 Å². The van der Waals surface area contributed by atoms with Gasteiger partial charge in [0.25, 0.3) is 0 Å². The minimum Gasteiger partial charge on any atom is -0.366 e. The van der Waals surface area contributed by atoms with Gasteiger partial charge in [0.2, 0.25) is 11.8 Å². The van der Waals surface area contributed by atoms with Crippen LogP contribution < -0.4 is 11.5 Å². The summed E-state index contributed by atoms with van der Waals surface area (Å²) in [5, 5.41) is 0. The topological polar surface area (TPSA) is 89.4 Å². The lowest BCUT2D eigenvalue weighted by atomic mass is 9.83. The molecule has 0 heterocycles. The standard InChI is InChI=1S/C16H23N3O2/c1-16(9-3-4-13(16)17)15(21)19(2)10-11-5-7-12(8-6-11)14(18)20/h5-8,13H,3-4,9-10,17H2,1-2H3,(H2,18,20). The Kier molecular flexibility index (Phi) is 4.32. The van der Waals surface area contributed by atoms with Gasteiger partial charge in [-0.25, -0.2) is 0 Å². The summed E-state index contributed by atoms with van der Waals surface area (Å²) in [6, 6.07) is 6.93. The Hall–Kier alpha value is -1.88. The molecule has 1 fully saturated rings. The Labute approximate surface area is 125 Å². The van der Waals surface area contributed by atoms with E-state index in [1.807, 2.05) is 19.1 Å². The highest BCUT2D eigenvalue weighted by Crippen LogP contribution is 2.38. The van der Waals surface area contributed by atoms with Gasteiger partial charge in [-0.15, -0.1) is 0 Å². The van der Waals surface area contributed by atoms with Gasteiger partial charge in [-0.3, -0.25) is 9.59 Å². The number of hydrogen-bond donors (Lipinski definition) is 2. The van der Waals surface area contributed by atoms with Crippen LogP contribution in [0.3, 0.4) is 0 Å². The molecule has 0 bridgehead atoms. The average molecular weight is 289 g/mol. The first-order valence-corrected chi connectivity index (χ1v) is 7.24. The first-order chi connectivity index (χ1) is 9.84. The summed E-state index contributed by atoms with van der Waals surface area (Å²) < 4.78 is 0. The number of rotatable bonds is 4. The van der Waals surface area contributed by atoms with Gasteiger partial charge in [0, 0.05) is 25.2 Å². The van der Waals surface area contributed by atoms with Crippen LogP contribution in [0.25, 0.3) is 0 Å². The van der Waals surface area contributed by atoms with Gasteiger partial charge in [-0.1, -0.05) is 18.6 Å². The molecular formula is C16H23N3O2. The van der Waals surface area contributed by atoms with Crippen molar-refractivity contribution in [1.82, 2.24) is 4.90 Å². The number of benzene rings is 1. The van der Waals surface area contributed by atoms with Gasteiger partial charge >= 0.3 is 0 Å². The van der Waals surface area contributed by atoms with E-state index < -0.39 is 11.3 Å². The summed E-state index contributed by atoms with van der Waals surface area (Å²) in [7, 11) is 1.79. The first kappa shape index (κ1) is 15.5. The molecule has 2 amide bonds. The van der Waals surface area contributed by atoms with Crippen molar-refractivity contribution in [1.29, 1.82) is 0 Å². The van der Waals surface area contributed by atoms with E-state index in [1.54, 1.807) is 24.1 Å². The van der Waals surface area contributed by atoms with Crippen molar-refractivity contribution in [2.24, 2.45) is 16.9 Å². The van der Waals surface area contributed by atoms with E-state index in [9.17, 15) is 9.59 Å². The fourth-order valence-electron chi connectivity index (χ4n) is 3.01. The van der Waals surface area contributed by atoms with E-state index in [4.69, 9.17) is 11.5 Å². The first-order valence-electron chi connectivity index (χ1n) is 7.24. The largest absolute Gasteiger partial charge is 0.366 e. The number of primary amides is 1. The highest BCUT2D eigenvalue weighted by Gasteiger charge is 2.44. The molecule has 5 nitrogen and oxygen atoms in total. The molecule has 1 saturated carbocycles. The van der Waals surface area contributed by atoms with Crippen LogP contribution in [-0.4, -0.2) is 29.8 Å². The Morgan fingerprint density at radius 3 is 2.43 bits per heavy atom. The molecule has 21 heavy (non-hydrogen) atoms. The summed E-state index contributed by atoms with van der Waals surface area (Å²) in [5.41, 5.74) is 12.3. The quantitative estimate of drug-likeness (QED) is 0.874. The molecule has 2 unspecified atom stereocenters. The molecule has 1 aliphatic carbocycles. The van der Waals surface area contributed by atoms with E-state index in [-0.39, 0.29) is 11.9 Å². The Balaban J connectivity index is 2.05. The minimum absolute atomic E-state index is 0.0651. The van der Waals surface area contributed by atoms with Crippen LogP contribution in [0, 0.1) is 5.41 Å². The smallest absolute Gasteiger partial charge is 0.248 e. The zero-order chi connectivity index (χ0) is 15.6. The van der Waals surface area contributed by atoms with Crippen molar-refractivity contribution in [2.45, 2.75) is 38.8 Å². The molecule has 0 aliphatic heterocycles. The predicted octanol–water partition coefficient (Wildman–Crippen LogP) is 1.26. The van der Waals surface area contributed by atoms with Gasteiger partial charge in [-0.2, -0.15) is 0 Å². The van der Waals surface area contributed by atoms with Crippen LogP contribution >= 0.6 is 0 Å². The second kappa shape index (κ2) is 5.85. The number of amides is 2. The van der Waals surface area contributed by atoms with Crippen LogP contribution in [0.5, 0.6) is 0 Å². The lowest BCUT2D eigenvalue weighted by molar-refractivity contribution is -0.140. The van der Waals surface area contributed by atoms with Crippen molar-refractivity contribution in [3.05, 3.63) is 35.4 Å². The van der Waals surface area contributed by atoms with Crippen molar-refractivity contribution in [3.63, 3.8) is 0 Å². The Morgan fingerprint density at radius 1 is 1.33 bits per heavy atom. The molecule has 1 aromatic rings. The second-order valence-corrected chi connectivity index (χ2v) is 6.14. The fraction of sp³-hybridized carbons (Fsp3) is 0.500. The van der Waals surface area contributed by atoms with Crippen molar-refractivity contribution in [2.75, 3.05) is 7.05 Å². The number of carbonyl (C=O) groups is 2. The Bertz CT molecular complexity index is 541. The summed E-state index contributed by atoms with van der Waals surface area (Å²) in [4.78, 5) is 25.4. The van der Waals surface area contributed by atoms with E-state index in [1.165, 1.54) is 0 Å². The maximum atomic E-state index is 12.6. The maximum Gasteiger partial charge on any atom is 0.248 e. The van der Waals surface area contributed by atoms with Crippen LogP contribution in [0.1, 0.15) is 42.1 Å². The minimum atomic E-state index is -0.456. The molecule has 0 aromatic heterocycles. The lowest BCUT2D eigenvalue weighted by Crippen LogP contribution is -2.47. The van der Waals surface area contributed by atoms with Gasteiger partial charge < -0.3 is 16.4 Å². The molecule has 0 radical (unpaired) electrons. The molecule has 0 saturated heterocycles. The Morgan fingerprint density at radius 2 is 1.95 bits per heavy atom. The molecule has 2 rings (SSSR count). The zero-order valence-electron chi connectivity index (χ0n) is 12.6. The summed E-state index contributed by atoms with van der Waals surface area (Å²) in [5.74, 6) is -0.359. The normalized spacial score (nSPS) is 24.8. The van der Waals surface area contributed by atoms with E-state index in [0.29, 0.717) is 12.1 Å². The molecule has 1 aliphatic rings. The van der Waals surface area contributed by atoms with Crippen LogP contribution in [-0.2, 0) is 11.3 Å². The molecule has 5 heteroatoms. The number of hydrogen-bond acceptors (Lipinski definition) is 3. The molecular weight excluding hydrogens is 266 g/mol. The van der Waals surface area contributed by atoms with E-state index in [2.05, 4.69) is 0 Å². The second-order valence-electron chi connectivity index (χ2n) is 6.14. The van der Waals surface area contributed by atoms with Crippen molar-refractivity contribution in [3.8, 4) is 0 Å². The van der Waals surface area contributed by atoms with E-state index >= 15 is 0 Å². The summed E-state index contributed by atoms with van der Waals surface area (Å²) in [6.45, 7) is 2.46. The molecule has 4 N–H and O–H groups in total. The van der Waals surface area contributed by atoms with Gasteiger partial charge in [-0.05, 0) is 37.5 Å². The van der Waals surface area contributed by atoms with Crippen LogP contribution in [0.2, 0.25) is 0 Å². The van der Waals surface area contributed by atoms with Gasteiger partial charge in [0.15, 0.2) is 0 Å². The zero-order valence-corrected chi connectivity index (χ0v) is 12.6. The van der Waals surface area contributed by atoms with Gasteiger partial charge in [0.1, 0.15) is 0 Å². The van der Waals surface area contributed by atoms with Gasteiger partial charge in [0.05, 0.1) is 5.41 Å².